The van der Waals surface area contributed by atoms with Crippen LogP contribution in [0.5, 0.6) is 0 Å². The number of hydrogen-bond acceptors (Lipinski definition) is 5. The Hall–Kier alpha value is -3.35. The highest BCUT2D eigenvalue weighted by Gasteiger charge is 2.19. The quantitative estimate of drug-likeness (QED) is 0.724. The lowest BCUT2D eigenvalue weighted by Crippen LogP contribution is -2.25. The van der Waals surface area contributed by atoms with Gasteiger partial charge in [0.05, 0.1) is 0 Å². The van der Waals surface area contributed by atoms with Crippen LogP contribution in [0.4, 0.5) is 5.69 Å². The lowest BCUT2D eigenvalue weighted by atomic mass is 10.1. The number of hydrogen-bond donors (Lipinski definition) is 1. The molecule has 3 aromatic rings. The monoisotopic (exact) mass is 335 g/mol. The molecule has 7 heteroatoms. The molecule has 1 N–H and O–H groups in total. The van der Waals surface area contributed by atoms with E-state index in [1.54, 1.807) is 31.2 Å². The average Bonchev–Trinajstić information content (AvgIpc) is 3.12. The van der Waals surface area contributed by atoms with Crippen molar-refractivity contribution in [2.24, 2.45) is 0 Å². The van der Waals surface area contributed by atoms with E-state index in [2.05, 4.69) is 20.7 Å². The smallest absolute Gasteiger partial charge is 0.250 e. The highest BCUT2D eigenvalue weighted by Crippen LogP contribution is 2.15. The van der Waals surface area contributed by atoms with Crippen LogP contribution in [0.2, 0.25) is 0 Å². The van der Waals surface area contributed by atoms with Crippen molar-refractivity contribution in [3.05, 3.63) is 60.2 Å². The van der Waals surface area contributed by atoms with E-state index >= 15 is 0 Å². The molecular formula is C18H17N5O2. The van der Waals surface area contributed by atoms with E-state index in [0.29, 0.717) is 17.1 Å². The minimum absolute atomic E-state index is 0.0218. The number of carbonyl (C=O) groups is 2. The van der Waals surface area contributed by atoms with Crippen LogP contribution in [0.15, 0.2) is 54.6 Å². The molecule has 0 aliphatic rings. The molecule has 0 saturated carbocycles. The summed E-state index contributed by atoms with van der Waals surface area (Å²) in [6.07, 6.45) is 0. The molecule has 25 heavy (non-hydrogen) atoms. The van der Waals surface area contributed by atoms with E-state index in [1.165, 1.54) is 11.7 Å². The van der Waals surface area contributed by atoms with E-state index in [0.717, 1.165) is 5.56 Å². The maximum absolute atomic E-state index is 12.4. The zero-order valence-electron chi connectivity index (χ0n) is 13.9. The van der Waals surface area contributed by atoms with Gasteiger partial charge in [-0.25, -0.2) is 0 Å². The van der Waals surface area contributed by atoms with Gasteiger partial charge >= 0.3 is 0 Å². The van der Waals surface area contributed by atoms with Gasteiger partial charge in [0.1, 0.15) is 6.04 Å². The predicted molar refractivity (Wildman–Crippen MR) is 93.0 cm³/mol. The van der Waals surface area contributed by atoms with E-state index in [4.69, 9.17) is 0 Å². The molecule has 126 valence electrons. The minimum atomic E-state index is -0.627. The SMILES string of the molecule is CC(=O)c1ccc(NC(=O)C(C)n2nnc(-c3ccccc3)n2)cc1. The molecular weight excluding hydrogens is 318 g/mol. The first-order valence-corrected chi connectivity index (χ1v) is 7.81. The summed E-state index contributed by atoms with van der Waals surface area (Å²) in [7, 11) is 0. The number of tetrazole rings is 1. The fourth-order valence-electron chi connectivity index (χ4n) is 2.23. The van der Waals surface area contributed by atoms with Gasteiger partial charge in [0.25, 0.3) is 5.91 Å². The van der Waals surface area contributed by atoms with E-state index in [-0.39, 0.29) is 11.7 Å². The summed E-state index contributed by atoms with van der Waals surface area (Å²) >= 11 is 0. The summed E-state index contributed by atoms with van der Waals surface area (Å²) in [4.78, 5) is 24.9. The van der Waals surface area contributed by atoms with Crippen molar-refractivity contribution in [3.8, 4) is 11.4 Å². The second-order valence-electron chi connectivity index (χ2n) is 5.60. The molecule has 0 aliphatic carbocycles. The third-order valence-electron chi connectivity index (χ3n) is 3.75. The summed E-state index contributed by atoms with van der Waals surface area (Å²) < 4.78 is 0. The van der Waals surface area contributed by atoms with Crippen molar-refractivity contribution in [2.75, 3.05) is 5.32 Å². The number of anilines is 1. The number of aromatic nitrogens is 4. The third-order valence-corrected chi connectivity index (χ3v) is 3.75. The van der Waals surface area contributed by atoms with Gasteiger partial charge in [-0.05, 0) is 43.3 Å². The van der Waals surface area contributed by atoms with Crippen LogP contribution in [0.25, 0.3) is 11.4 Å². The summed E-state index contributed by atoms with van der Waals surface area (Å²) in [5.41, 5.74) is 2.03. The van der Waals surface area contributed by atoms with Gasteiger partial charge in [-0.2, -0.15) is 4.80 Å². The second kappa shape index (κ2) is 7.04. The summed E-state index contributed by atoms with van der Waals surface area (Å²) in [5.74, 6) is 0.171. The zero-order chi connectivity index (χ0) is 17.8. The molecule has 1 heterocycles. The van der Waals surface area contributed by atoms with Crippen molar-refractivity contribution in [1.29, 1.82) is 0 Å². The van der Waals surface area contributed by atoms with Crippen LogP contribution in [0.3, 0.4) is 0 Å². The van der Waals surface area contributed by atoms with Crippen LogP contribution >= 0.6 is 0 Å². The van der Waals surface area contributed by atoms with E-state index in [9.17, 15) is 9.59 Å². The number of rotatable bonds is 5. The molecule has 7 nitrogen and oxygen atoms in total. The van der Waals surface area contributed by atoms with Gasteiger partial charge in [0.15, 0.2) is 5.78 Å². The minimum Gasteiger partial charge on any atom is -0.324 e. The standard InChI is InChI=1S/C18H17N5O2/c1-12(18(25)19-16-10-8-14(9-11-16)13(2)24)23-21-17(20-22-23)15-6-4-3-5-7-15/h3-12H,1-2H3,(H,19,25). The Morgan fingerprint density at radius 3 is 2.36 bits per heavy atom. The number of amides is 1. The lowest BCUT2D eigenvalue weighted by Gasteiger charge is -2.11. The molecule has 1 aromatic heterocycles. The Morgan fingerprint density at radius 1 is 1.04 bits per heavy atom. The fraction of sp³-hybridized carbons (Fsp3) is 0.167. The molecule has 0 saturated heterocycles. The third kappa shape index (κ3) is 3.77. The second-order valence-corrected chi connectivity index (χ2v) is 5.60. The van der Waals surface area contributed by atoms with Gasteiger partial charge in [-0.3, -0.25) is 9.59 Å². The Bertz CT molecular complexity index is 887. The first kappa shape index (κ1) is 16.5. The van der Waals surface area contributed by atoms with Crippen LogP contribution in [-0.4, -0.2) is 31.9 Å². The maximum Gasteiger partial charge on any atom is 0.250 e. The number of carbonyl (C=O) groups excluding carboxylic acids is 2. The van der Waals surface area contributed by atoms with Gasteiger partial charge in [-0.1, -0.05) is 30.3 Å². The average molecular weight is 335 g/mol. The van der Waals surface area contributed by atoms with Gasteiger partial charge in [-0.15, -0.1) is 10.2 Å². The Morgan fingerprint density at radius 2 is 1.72 bits per heavy atom. The summed E-state index contributed by atoms with van der Waals surface area (Å²) in [6.45, 7) is 3.19. The number of benzene rings is 2. The molecule has 0 fully saturated rings. The molecule has 2 aromatic carbocycles. The number of nitrogens with one attached hydrogen (secondary N) is 1. The summed E-state index contributed by atoms with van der Waals surface area (Å²) in [5, 5.41) is 15.0. The molecule has 0 radical (unpaired) electrons. The molecule has 0 spiro atoms. The maximum atomic E-state index is 12.4. The van der Waals surface area contributed by atoms with Crippen molar-refractivity contribution >= 4 is 17.4 Å². The van der Waals surface area contributed by atoms with Crippen molar-refractivity contribution in [2.45, 2.75) is 19.9 Å². The van der Waals surface area contributed by atoms with Crippen molar-refractivity contribution in [1.82, 2.24) is 20.2 Å². The van der Waals surface area contributed by atoms with Crippen LogP contribution in [0.1, 0.15) is 30.2 Å². The molecule has 3 rings (SSSR count). The highest BCUT2D eigenvalue weighted by atomic mass is 16.2. The van der Waals surface area contributed by atoms with Crippen LogP contribution in [-0.2, 0) is 4.79 Å². The summed E-state index contributed by atoms with van der Waals surface area (Å²) in [6, 6.07) is 15.5. The van der Waals surface area contributed by atoms with Gasteiger partial charge < -0.3 is 5.32 Å². The molecule has 0 bridgehead atoms. The first-order valence-electron chi connectivity index (χ1n) is 7.81. The highest BCUT2D eigenvalue weighted by molar-refractivity contribution is 5.96. The van der Waals surface area contributed by atoms with Crippen molar-refractivity contribution < 1.29 is 9.59 Å². The molecule has 1 unspecified atom stereocenters. The number of nitrogens with zero attached hydrogens (tertiary/aromatic N) is 4. The number of ketones is 1. The molecule has 1 amide bonds. The van der Waals surface area contributed by atoms with Crippen LogP contribution in [0, 0.1) is 0 Å². The Labute approximate surface area is 144 Å². The topological polar surface area (TPSA) is 89.8 Å². The largest absolute Gasteiger partial charge is 0.324 e. The van der Waals surface area contributed by atoms with E-state index < -0.39 is 6.04 Å². The van der Waals surface area contributed by atoms with Gasteiger partial charge in [0.2, 0.25) is 5.82 Å². The normalized spacial score (nSPS) is 11.8. The predicted octanol–water partition coefficient (Wildman–Crippen LogP) is 2.74. The Balaban J connectivity index is 1.70. The number of Topliss-reactive ketones (excluding diaryl/α,β-unsaturated/α-hetero) is 1. The fourth-order valence-corrected chi connectivity index (χ4v) is 2.23. The molecule has 1 atom stereocenters. The zero-order valence-corrected chi connectivity index (χ0v) is 13.9. The molecule has 0 aliphatic heterocycles. The van der Waals surface area contributed by atoms with Crippen LogP contribution < -0.4 is 5.32 Å². The van der Waals surface area contributed by atoms with Gasteiger partial charge in [0, 0.05) is 16.8 Å². The Kier molecular flexibility index (Phi) is 4.65. The van der Waals surface area contributed by atoms with Crippen molar-refractivity contribution in [3.63, 3.8) is 0 Å². The lowest BCUT2D eigenvalue weighted by molar-refractivity contribution is -0.119. The van der Waals surface area contributed by atoms with E-state index in [1.807, 2.05) is 30.3 Å². The first-order chi connectivity index (χ1) is 12.0.